The van der Waals surface area contributed by atoms with Crippen molar-refractivity contribution in [1.29, 1.82) is 0 Å². The molecule has 1 aromatic carbocycles. The second kappa shape index (κ2) is 4.32. The molecule has 16 heavy (non-hydrogen) atoms. The van der Waals surface area contributed by atoms with E-state index in [9.17, 15) is 4.39 Å². The molecule has 0 aliphatic rings. The maximum Gasteiger partial charge on any atom is 0.161 e. The van der Waals surface area contributed by atoms with Crippen LogP contribution in [0.2, 0.25) is 0 Å². The van der Waals surface area contributed by atoms with Crippen molar-refractivity contribution in [2.24, 2.45) is 0 Å². The number of aromatic nitrogens is 2. The van der Waals surface area contributed by atoms with Crippen molar-refractivity contribution >= 4 is 28.4 Å². The van der Waals surface area contributed by atoms with Crippen LogP contribution in [0.4, 0.5) is 10.2 Å². The Morgan fingerprint density at radius 3 is 2.81 bits per heavy atom. The fourth-order valence-electron chi connectivity index (χ4n) is 1.35. The van der Waals surface area contributed by atoms with Gasteiger partial charge in [0.15, 0.2) is 5.82 Å². The lowest BCUT2D eigenvalue weighted by atomic mass is 10.1. The van der Waals surface area contributed by atoms with E-state index in [1.807, 2.05) is 6.92 Å². The third-order valence-corrected chi connectivity index (χ3v) is 3.04. The van der Waals surface area contributed by atoms with Crippen LogP contribution < -0.4 is 5.73 Å². The Kier molecular flexibility index (Phi) is 3.04. The molecular weight excluding hydrogens is 320 g/mol. The molecule has 0 unspecified atom stereocenters. The SMILES string of the molecule is Cc1ccc(F)cc1-c1ncc(I)c(N)n1. The average molecular weight is 329 g/mol. The number of halogens is 2. The Balaban J connectivity index is 2.58. The zero-order chi connectivity index (χ0) is 11.7. The topological polar surface area (TPSA) is 51.8 Å². The first-order valence-electron chi connectivity index (χ1n) is 4.62. The van der Waals surface area contributed by atoms with Crippen LogP contribution in [0.3, 0.4) is 0 Å². The fraction of sp³-hybridized carbons (Fsp3) is 0.0909. The van der Waals surface area contributed by atoms with E-state index in [0.29, 0.717) is 17.2 Å². The molecule has 0 radical (unpaired) electrons. The van der Waals surface area contributed by atoms with E-state index in [0.717, 1.165) is 9.13 Å². The molecule has 5 heteroatoms. The van der Waals surface area contributed by atoms with Crippen molar-refractivity contribution in [3.05, 3.63) is 39.3 Å². The van der Waals surface area contributed by atoms with Crippen molar-refractivity contribution in [2.75, 3.05) is 5.73 Å². The highest BCUT2D eigenvalue weighted by Crippen LogP contribution is 2.22. The summed E-state index contributed by atoms with van der Waals surface area (Å²) in [5.41, 5.74) is 7.28. The van der Waals surface area contributed by atoms with Gasteiger partial charge in [0, 0.05) is 11.8 Å². The summed E-state index contributed by atoms with van der Waals surface area (Å²) in [4.78, 5) is 8.28. The van der Waals surface area contributed by atoms with Gasteiger partial charge >= 0.3 is 0 Å². The lowest BCUT2D eigenvalue weighted by molar-refractivity contribution is 0.627. The summed E-state index contributed by atoms with van der Waals surface area (Å²) >= 11 is 2.05. The van der Waals surface area contributed by atoms with Gasteiger partial charge in [0.1, 0.15) is 11.6 Å². The Hall–Kier alpha value is -1.24. The molecule has 82 valence electrons. The zero-order valence-electron chi connectivity index (χ0n) is 8.54. The van der Waals surface area contributed by atoms with Gasteiger partial charge in [-0.05, 0) is 47.2 Å². The molecule has 0 atom stereocenters. The smallest absolute Gasteiger partial charge is 0.161 e. The van der Waals surface area contributed by atoms with Crippen molar-refractivity contribution < 1.29 is 4.39 Å². The quantitative estimate of drug-likeness (QED) is 0.819. The molecule has 2 N–H and O–H groups in total. The van der Waals surface area contributed by atoms with Crippen molar-refractivity contribution in [1.82, 2.24) is 9.97 Å². The van der Waals surface area contributed by atoms with Gasteiger partial charge in [-0.1, -0.05) is 6.07 Å². The first-order valence-corrected chi connectivity index (χ1v) is 5.70. The maximum atomic E-state index is 13.1. The summed E-state index contributed by atoms with van der Waals surface area (Å²) in [5, 5.41) is 0. The summed E-state index contributed by atoms with van der Waals surface area (Å²) < 4.78 is 13.9. The molecule has 2 aromatic rings. The van der Waals surface area contributed by atoms with E-state index < -0.39 is 0 Å². The highest BCUT2D eigenvalue weighted by atomic mass is 127. The highest BCUT2D eigenvalue weighted by Gasteiger charge is 2.08. The van der Waals surface area contributed by atoms with Gasteiger partial charge < -0.3 is 5.73 Å². The molecule has 0 aliphatic carbocycles. The predicted octanol–water partition coefficient (Wildman–Crippen LogP) is 2.78. The Morgan fingerprint density at radius 2 is 2.12 bits per heavy atom. The van der Waals surface area contributed by atoms with Crippen LogP contribution in [-0.2, 0) is 0 Å². The summed E-state index contributed by atoms with van der Waals surface area (Å²) in [6.07, 6.45) is 1.63. The second-order valence-corrected chi connectivity index (χ2v) is 4.55. The van der Waals surface area contributed by atoms with Gasteiger partial charge in [0.2, 0.25) is 0 Å². The molecule has 3 nitrogen and oxygen atoms in total. The van der Waals surface area contributed by atoms with Crippen LogP contribution >= 0.6 is 22.6 Å². The average Bonchev–Trinajstić information content (AvgIpc) is 2.26. The number of benzene rings is 1. The first-order chi connectivity index (χ1) is 7.58. The normalized spacial score (nSPS) is 10.4. The van der Waals surface area contributed by atoms with Crippen LogP contribution in [-0.4, -0.2) is 9.97 Å². The van der Waals surface area contributed by atoms with Gasteiger partial charge in [-0.3, -0.25) is 0 Å². The summed E-state index contributed by atoms with van der Waals surface area (Å²) in [6, 6.07) is 4.52. The van der Waals surface area contributed by atoms with Crippen molar-refractivity contribution in [3.63, 3.8) is 0 Å². The standard InChI is InChI=1S/C11H9FIN3/c1-6-2-3-7(12)4-8(6)11-15-5-9(13)10(14)16-11/h2-5H,1H3,(H2,14,15,16). The van der Waals surface area contributed by atoms with Crippen molar-refractivity contribution in [2.45, 2.75) is 6.92 Å². The molecule has 0 amide bonds. The van der Waals surface area contributed by atoms with Gasteiger partial charge in [-0.15, -0.1) is 0 Å². The number of hydrogen-bond acceptors (Lipinski definition) is 3. The molecule has 0 saturated carbocycles. The zero-order valence-corrected chi connectivity index (χ0v) is 10.7. The van der Waals surface area contributed by atoms with E-state index in [1.165, 1.54) is 12.1 Å². The third kappa shape index (κ3) is 2.13. The number of nitrogen functional groups attached to an aromatic ring is 1. The van der Waals surface area contributed by atoms with Crippen molar-refractivity contribution in [3.8, 4) is 11.4 Å². The van der Waals surface area contributed by atoms with Crippen LogP contribution in [0.5, 0.6) is 0 Å². The number of nitrogens with zero attached hydrogens (tertiary/aromatic N) is 2. The van der Waals surface area contributed by atoms with E-state index in [4.69, 9.17) is 5.73 Å². The van der Waals surface area contributed by atoms with Gasteiger partial charge in [0.25, 0.3) is 0 Å². The van der Waals surface area contributed by atoms with E-state index in [1.54, 1.807) is 12.3 Å². The van der Waals surface area contributed by atoms with Gasteiger partial charge in [0.05, 0.1) is 3.57 Å². The molecular formula is C11H9FIN3. The van der Waals surface area contributed by atoms with Crippen LogP contribution in [0.1, 0.15) is 5.56 Å². The van der Waals surface area contributed by atoms with Gasteiger partial charge in [-0.25, -0.2) is 14.4 Å². The number of rotatable bonds is 1. The highest BCUT2D eigenvalue weighted by molar-refractivity contribution is 14.1. The van der Waals surface area contributed by atoms with Gasteiger partial charge in [-0.2, -0.15) is 0 Å². The number of anilines is 1. The fourth-order valence-corrected chi connectivity index (χ4v) is 1.61. The summed E-state index contributed by atoms with van der Waals surface area (Å²) in [7, 11) is 0. The van der Waals surface area contributed by atoms with Crippen LogP contribution in [0, 0.1) is 16.3 Å². The number of hydrogen-bond donors (Lipinski definition) is 1. The Morgan fingerprint density at radius 1 is 1.38 bits per heavy atom. The van der Waals surface area contributed by atoms with E-state index >= 15 is 0 Å². The van der Waals surface area contributed by atoms with Crippen LogP contribution in [0.15, 0.2) is 24.4 Å². The molecule has 1 heterocycles. The molecule has 0 fully saturated rings. The van der Waals surface area contributed by atoms with E-state index in [2.05, 4.69) is 32.6 Å². The molecule has 0 saturated heterocycles. The van der Waals surface area contributed by atoms with Crippen LogP contribution in [0.25, 0.3) is 11.4 Å². The monoisotopic (exact) mass is 329 g/mol. The number of nitrogens with two attached hydrogens (primary N) is 1. The molecule has 0 aliphatic heterocycles. The van der Waals surface area contributed by atoms with E-state index in [-0.39, 0.29) is 5.82 Å². The molecule has 1 aromatic heterocycles. The first kappa shape index (κ1) is 11.3. The largest absolute Gasteiger partial charge is 0.383 e. The predicted molar refractivity (Wildman–Crippen MR) is 69.3 cm³/mol. The summed E-state index contributed by atoms with van der Waals surface area (Å²) in [6.45, 7) is 1.88. The minimum atomic E-state index is -0.304. The lowest BCUT2D eigenvalue weighted by Gasteiger charge is -2.05. The maximum absolute atomic E-state index is 13.1. The minimum Gasteiger partial charge on any atom is -0.383 e. The molecule has 0 bridgehead atoms. The Labute approximate surface area is 106 Å². The molecule has 2 rings (SSSR count). The second-order valence-electron chi connectivity index (χ2n) is 3.39. The minimum absolute atomic E-state index is 0.304. The molecule has 0 spiro atoms. The lowest BCUT2D eigenvalue weighted by Crippen LogP contribution is -1.99. The third-order valence-electron chi connectivity index (χ3n) is 2.21. The summed E-state index contributed by atoms with van der Waals surface area (Å²) in [5.74, 6) is 0.561. The number of aryl methyl sites for hydroxylation is 1. The Bertz CT molecular complexity index is 543.